The van der Waals surface area contributed by atoms with Crippen LogP contribution in [0.4, 0.5) is 22.1 Å². The molecule has 0 saturated carbocycles. The van der Waals surface area contributed by atoms with Crippen LogP contribution >= 0.6 is 0 Å². The summed E-state index contributed by atoms with van der Waals surface area (Å²) in [5.74, 6) is 1.19. The Labute approximate surface area is 345 Å². The van der Waals surface area contributed by atoms with E-state index in [9.17, 15) is 9.59 Å². The van der Waals surface area contributed by atoms with Crippen molar-refractivity contribution in [3.8, 4) is 17.4 Å². The third-order valence-corrected chi connectivity index (χ3v) is 7.85. The molecule has 0 spiro atoms. The molecule has 3 N–H and O–H groups in total. The number of nitrogens with one attached hydrogen (secondary N) is 3. The van der Waals surface area contributed by atoms with Crippen LogP contribution in [0.1, 0.15) is 31.1 Å². The van der Waals surface area contributed by atoms with Gasteiger partial charge in [0.2, 0.25) is 11.8 Å². The third-order valence-electron chi connectivity index (χ3n) is 7.85. The van der Waals surface area contributed by atoms with Crippen LogP contribution in [0.2, 0.25) is 0 Å². The van der Waals surface area contributed by atoms with Crippen LogP contribution in [0.25, 0.3) is 10.8 Å². The molecule has 17 heteroatoms. The smallest absolute Gasteiger partial charge is 0.412 e. The molecule has 0 atom stereocenters. The summed E-state index contributed by atoms with van der Waals surface area (Å²) in [7, 11) is 3.15. The Morgan fingerprint density at radius 1 is 0.678 bits per heavy atom. The summed E-state index contributed by atoms with van der Waals surface area (Å²) in [5, 5.41) is 10.3. The summed E-state index contributed by atoms with van der Waals surface area (Å²) < 4.78 is 54.8. The maximum absolute atomic E-state index is 13.0. The Hall–Kier alpha value is -5.14. The van der Waals surface area contributed by atoms with Gasteiger partial charge in [0.05, 0.1) is 98.7 Å². The lowest BCUT2D eigenvalue weighted by Crippen LogP contribution is -2.27. The number of hydrogen-bond acceptors (Lipinski definition) is 15. The second kappa shape index (κ2) is 26.1. The van der Waals surface area contributed by atoms with Gasteiger partial charge in [0.1, 0.15) is 17.1 Å². The van der Waals surface area contributed by atoms with E-state index in [-0.39, 0.29) is 17.7 Å². The molecular weight excluding hydrogens is 766 g/mol. The Morgan fingerprint density at radius 3 is 1.86 bits per heavy atom. The van der Waals surface area contributed by atoms with E-state index in [1.165, 1.54) is 7.11 Å². The molecule has 0 aliphatic heterocycles. The molecule has 0 radical (unpaired) electrons. The molecular formula is C42H57N5O12. The van der Waals surface area contributed by atoms with Crippen LogP contribution in [0, 0.1) is 0 Å². The second-order valence-corrected chi connectivity index (χ2v) is 13.6. The lowest BCUT2D eigenvalue weighted by Gasteiger charge is -2.20. The van der Waals surface area contributed by atoms with Crippen molar-refractivity contribution in [2.24, 2.45) is 0 Å². The average Bonchev–Trinajstić information content (AvgIpc) is 3.21. The van der Waals surface area contributed by atoms with Crippen molar-refractivity contribution in [1.82, 2.24) is 15.3 Å². The van der Waals surface area contributed by atoms with Gasteiger partial charge in [0, 0.05) is 54.0 Å². The fourth-order valence-corrected chi connectivity index (χ4v) is 5.19. The lowest BCUT2D eigenvalue weighted by atomic mass is 10.1. The minimum atomic E-state index is -0.638. The highest BCUT2D eigenvalue weighted by atomic mass is 16.6. The molecule has 1 aromatic heterocycles. The number of fused-ring (bicyclic) bond motifs is 1. The van der Waals surface area contributed by atoms with E-state index in [1.54, 1.807) is 70.5 Å². The van der Waals surface area contributed by atoms with Crippen LogP contribution in [0.5, 0.6) is 17.4 Å². The first-order chi connectivity index (χ1) is 28.6. The summed E-state index contributed by atoms with van der Waals surface area (Å²) in [4.78, 5) is 34.4. The minimum absolute atomic E-state index is 0.236. The lowest BCUT2D eigenvalue weighted by molar-refractivity contribution is -0.0189. The molecule has 4 aromatic rings. The van der Waals surface area contributed by atoms with Crippen molar-refractivity contribution in [3.05, 3.63) is 72.4 Å². The number of hydrogen-bond donors (Lipinski definition) is 3. The maximum Gasteiger partial charge on any atom is 0.412 e. The van der Waals surface area contributed by atoms with Crippen LogP contribution in [0.15, 0.2) is 66.9 Å². The molecule has 0 aliphatic rings. The molecule has 0 unspecified atom stereocenters. The number of benzene rings is 3. The number of aromatic nitrogens is 2. The molecule has 0 fully saturated rings. The molecule has 59 heavy (non-hydrogen) atoms. The molecule has 3 aromatic carbocycles. The molecule has 0 saturated heterocycles. The van der Waals surface area contributed by atoms with Crippen LogP contribution in [0.3, 0.4) is 0 Å². The van der Waals surface area contributed by atoms with E-state index in [0.29, 0.717) is 121 Å². The molecule has 322 valence electrons. The highest BCUT2D eigenvalue weighted by Crippen LogP contribution is 2.34. The molecule has 1 heterocycles. The normalized spacial score (nSPS) is 11.3. The number of methoxy groups -OCH3 is 2. The van der Waals surface area contributed by atoms with Gasteiger partial charge in [-0.15, -0.1) is 0 Å². The number of ether oxygens (including phenoxy) is 10. The van der Waals surface area contributed by atoms with E-state index in [1.807, 2.05) is 24.3 Å². The number of nitrogens with zero attached hydrogens (tertiary/aromatic N) is 2. The molecule has 4 rings (SSSR count). The van der Waals surface area contributed by atoms with E-state index >= 15 is 0 Å². The van der Waals surface area contributed by atoms with Gasteiger partial charge in [0.15, 0.2) is 0 Å². The largest absolute Gasteiger partial charge is 0.497 e. The summed E-state index contributed by atoms with van der Waals surface area (Å²) >= 11 is 0. The highest BCUT2D eigenvalue weighted by Gasteiger charge is 2.18. The van der Waals surface area contributed by atoms with E-state index in [2.05, 4.69) is 25.9 Å². The topological polar surface area (TPSA) is 188 Å². The van der Waals surface area contributed by atoms with Crippen LogP contribution < -0.4 is 25.4 Å². The summed E-state index contributed by atoms with van der Waals surface area (Å²) in [6.07, 6.45) is 0.999. The Kier molecular flexibility index (Phi) is 20.6. The van der Waals surface area contributed by atoms with Crippen molar-refractivity contribution in [2.75, 3.05) is 117 Å². The van der Waals surface area contributed by atoms with Crippen LogP contribution in [-0.4, -0.2) is 134 Å². The van der Waals surface area contributed by atoms with Gasteiger partial charge in [-0.1, -0.05) is 24.3 Å². The van der Waals surface area contributed by atoms with Gasteiger partial charge in [-0.05, 0) is 45.0 Å². The maximum atomic E-state index is 13.0. The number of carbonyl (C=O) groups is 2. The Morgan fingerprint density at radius 2 is 1.27 bits per heavy atom. The number of carbonyl (C=O) groups excluding carboxylic acids is 2. The minimum Gasteiger partial charge on any atom is -0.497 e. The van der Waals surface area contributed by atoms with Crippen molar-refractivity contribution in [2.45, 2.75) is 26.4 Å². The Balaban J connectivity index is 1.14. The van der Waals surface area contributed by atoms with Gasteiger partial charge < -0.3 is 58.0 Å². The van der Waals surface area contributed by atoms with Crippen molar-refractivity contribution in [3.63, 3.8) is 0 Å². The first-order valence-electron chi connectivity index (χ1n) is 19.4. The number of anilines is 3. The van der Waals surface area contributed by atoms with Crippen LogP contribution in [-0.2, 0) is 37.9 Å². The zero-order valence-corrected chi connectivity index (χ0v) is 34.5. The van der Waals surface area contributed by atoms with Crippen molar-refractivity contribution >= 4 is 40.1 Å². The first kappa shape index (κ1) is 46.5. The zero-order chi connectivity index (χ0) is 42.1. The van der Waals surface area contributed by atoms with Crippen molar-refractivity contribution < 1.29 is 57.0 Å². The van der Waals surface area contributed by atoms with Gasteiger partial charge in [0.25, 0.3) is 5.91 Å². The summed E-state index contributed by atoms with van der Waals surface area (Å²) in [6, 6.07) is 17.7. The molecule has 2 amide bonds. The fourth-order valence-electron chi connectivity index (χ4n) is 5.19. The fraction of sp³-hybridized carbons (Fsp3) is 0.476. The molecule has 17 nitrogen and oxygen atoms in total. The summed E-state index contributed by atoms with van der Waals surface area (Å²) in [5.41, 5.74) is 0.837. The van der Waals surface area contributed by atoms with Gasteiger partial charge in [-0.25, -0.2) is 9.78 Å². The molecule has 0 aliphatic carbocycles. The predicted octanol–water partition coefficient (Wildman–Crippen LogP) is 6.00. The average molecular weight is 824 g/mol. The molecule has 0 bridgehead atoms. The van der Waals surface area contributed by atoms with E-state index < -0.39 is 11.7 Å². The monoisotopic (exact) mass is 823 g/mol. The van der Waals surface area contributed by atoms with Gasteiger partial charge >= 0.3 is 6.09 Å². The van der Waals surface area contributed by atoms with E-state index in [4.69, 9.17) is 47.4 Å². The first-order valence-corrected chi connectivity index (χ1v) is 19.4. The number of amides is 2. The second-order valence-electron chi connectivity index (χ2n) is 13.6. The highest BCUT2D eigenvalue weighted by molar-refractivity contribution is 6.03. The third kappa shape index (κ3) is 18.1. The standard InChI is InChI=1S/C42H57N5O12/c1-42(2,3)59-41(49)46-36-10-11-37(35-9-7-6-8-34(35)36)58-38-12-13-44-40(47-38)45-32-28-31(29-33(30-32)51-5)39(48)43-14-15-52-18-19-54-22-23-56-26-27-57-25-24-55-21-20-53-17-16-50-4/h6-13,28-30H,14-27H2,1-5H3,(H,43,48)(H,46,49)(H,44,45,47). The number of rotatable bonds is 28. The SMILES string of the molecule is COCCOCCOCCOCCOCCOCCOCCNC(=O)c1cc(Nc2nccc(Oc3ccc(NC(=O)OC(C)(C)C)c4ccccc34)n2)cc(OC)c1. The van der Waals surface area contributed by atoms with Crippen molar-refractivity contribution in [1.29, 1.82) is 0 Å². The predicted molar refractivity (Wildman–Crippen MR) is 221 cm³/mol. The zero-order valence-electron chi connectivity index (χ0n) is 34.5. The summed E-state index contributed by atoms with van der Waals surface area (Å²) in [6.45, 7) is 11.8. The van der Waals surface area contributed by atoms with E-state index in [0.717, 1.165) is 10.8 Å². The van der Waals surface area contributed by atoms with Gasteiger partial charge in [-0.3, -0.25) is 10.1 Å². The van der Waals surface area contributed by atoms with Gasteiger partial charge in [-0.2, -0.15) is 4.98 Å². The quantitative estimate of drug-likeness (QED) is 0.0566. The Bertz CT molecular complexity index is 1860.